The van der Waals surface area contributed by atoms with Crippen LogP contribution >= 0.6 is 15.9 Å². The fraction of sp³-hybridized carbons (Fsp3) is 0.538. The van der Waals surface area contributed by atoms with Crippen LogP contribution in [0.5, 0.6) is 0 Å². The third-order valence-corrected chi connectivity index (χ3v) is 3.82. The topological polar surface area (TPSA) is 32.3 Å². The summed E-state index contributed by atoms with van der Waals surface area (Å²) < 4.78 is 13.9. The number of aliphatic hydroxyl groups is 1. The summed E-state index contributed by atoms with van der Waals surface area (Å²) in [6.45, 7) is 6.75. The van der Waals surface area contributed by atoms with Crippen LogP contribution in [-0.2, 0) is 6.54 Å². The SMILES string of the molecule is CC(C)C(C)(O)CNCc1cc(F)ccc1Br. The van der Waals surface area contributed by atoms with Crippen molar-refractivity contribution < 1.29 is 9.50 Å². The lowest BCUT2D eigenvalue weighted by Gasteiger charge is -2.28. The number of hydrogen-bond acceptors (Lipinski definition) is 2. The zero-order valence-electron chi connectivity index (χ0n) is 10.4. The van der Waals surface area contributed by atoms with Gasteiger partial charge in [-0.1, -0.05) is 29.8 Å². The van der Waals surface area contributed by atoms with E-state index in [2.05, 4.69) is 21.2 Å². The minimum atomic E-state index is -0.750. The first-order chi connectivity index (χ1) is 7.83. The molecule has 2 N–H and O–H groups in total. The second-order valence-corrected chi connectivity index (χ2v) is 5.71. The van der Waals surface area contributed by atoms with Crippen molar-refractivity contribution in [2.24, 2.45) is 5.92 Å². The average molecular weight is 304 g/mol. The predicted molar refractivity (Wildman–Crippen MR) is 71.3 cm³/mol. The van der Waals surface area contributed by atoms with E-state index in [4.69, 9.17) is 0 Å². The quantitative estimate of drug-likeness (QED) is 0.876. The van der Waals surface area contributed by atoms with Gasteiger partial charge in [0.1, 0.15) is 5.82 Å². The molecule has 0 heterocycles. The number of hydrogen-bond donors (Lipinski definition) is 2. The highest BCUT2D eigenvalue weighted by atomic mass is 79.9. The Morgan fingerprint density at radius 2 is 2.12 bits per heavy atom. The van der Waals surface area contributed by atoms with Gasteiger partial charge in [0.15, 0.2) is 0 Å². The van der Waals surface area contributed by atoms with Crippen molar-refractivity contribution in [1.82, 2.24) is 5.32 Å². The van der Waals surface area contributed by atoms with Gasteiger partial charge in [-0.15, -0.1) is 0 Å². The van der Waals surface area contributed by atoms with Crippen LogP contribution in [-0.4, -0.2) is 17.3 Å². The van der Waals surface area contributed by atoms with Gasteiger partial charge in [-0.05, 0) is 36.6 Å². The van der Waals surface area contributed by atoms with Crippen LogP contribution in [0.15, 0.2) is 22.7 Å². The molecule has 0 saturated heterocycles. The van der Waals surface area contributed by atoms with E-state index >= 15 is 0 Å². The Kier molecular flexibility index (Phi) is 5.10. The zero-order chi connectivity index (χ0) is 13.1. The highest BCUT2D eigenvalue weighted by Crippen LogP contribution is 2.19. The second-order valence-electron chi connectivity index (χ2n) is 4.85. The third kappa shape index (κ3) is 4.37. The summed E-state index contributed by atoms with van der Waals surface area (Å²) in [5.41, 5.74) is 0.101. The Morgan fingerprint density at radius 1 is 1.47 bits per heavy atom. The number of rotatable bonds is 5. The standard InChI is InChI=1S/C13H19BrFNO/c1-9(2)13(3,17)8-16-7-10-6-11(15)4-5-12(10)14/h4-6,9,16-17H,7-8H2,1-3H3. The number of benzene rings is 1. The molecule has 0 bridgehead atoms. The summed E-state index contributed by atoms with van der Waals surface area (Å²) >= 11 is 3.37. The summed E-state index contributed by atoms with van der Waals surface area (Å²) in [6, 6.07) is 4.59. The minimum absolute atomic E-state index is 0.172. The van der Waals surface area contributed by atoms with Crippen LogP contribution in [0, 0.1) is 11.7 Å². The van der Waals surface area contributed by atoms with E-state index in [1.165, 1.54) is 12.1 Å². The van der Waals surface area contributed by atoms with Gasteiger partial charge in [0.05, 0.1) is 5.60 Å². The summed E-state index contributed by atoms with van der Waals surface area (Å²) in [6.07, 6.45) is 0. The fourth-order valence-corrected chi connectivity index (χ4v) is 1.72. The molecule has 0 saturated carbocycles. The first-order valence-electron chi connectivity index (χ1n) is 5.70. The molecule has 17 heavy (non-hydrogen) atoms. The van der Waals surface area contributed by atoms with Gasteiger partial charge in [0.25, 0.3) is 0 Å². The molecule has 96 valence electrons. The maximum absolute atomic E-state index is 13.0. The van der Waals surface area contributed by atoms with Gasteiger partial charge < -0.3 is 10.4 Å². The molecule has 1 atom stereocenters. The fourth-order valence-electron chi connectivity index (χ4n) is 1.33. The van der Waals surface area contributed by atoms with Gasteiger partial charge in [-0.3, -0.25) is 0 Å². The molecule has 0 aliphatic carbocycles. The first kappa shape index (κ1) is 14.6. The van der Waals surface area contributed by atoms with Gasteiger partial charge in [0.2, 0.25) is 0 Å². The van der Waals surface area contributed by atoms with Gasteiger partial charge in [0, 0.05) is 17.6 Å². The van der Waals surface area contributed by atoms with Crippen molar-refractivity contribution in [2.75, 3.05) is 6.54 Å². The molecule has 1 rings (SSSR count). The smallest absolute Gasteiger partial charge is 0.123 e. The van der Waals surface area contributed by atoms with Crippen molar-refractivity contribution in [3.8, 4) is 0 Å². The molecule has 1 aromatic rings. The second kappa shape index (κ2) is 5.94. The van der Waals surface area contributed by atoms with Crippen molar-refractivity contribution >= 4 is 15.9 Å². The Hall–Kier alpha value is -0.450. The molecule has 0 aliphatic rings. The Balaban J connectivity index is 2.54. The van der Waals surface area contributed by atoms with Crippen LogP contribution in [0.1, 0.15) is 26.3 Å². The van der Waals surface area contributed by atoms with Gasteiger partial charge >= 0.3 is 0 Å². The van der Waals surface area contributed by atoms with E-state index in [1.54, 1.807) is 13.0 Å². The monoisotopic (exact) mass is 303 g/mol. The van der Waals surface area contributed by atoms with Crippen LogP contribution < -0.4 is 5.32 Å². The molecule has 1 aromatic carbocycles. The van der Waals surface area contributed by atoms with Crippen molar-refractivity contribution in [1.29, 1.82) is 0 Å². The molecule has 0 amide bonds. The number of nitrogens with one attached hydrogen (secondary N) is 1. The lowest BCUT2D eigenvalue weighted by molar-refractivity contribution is 0.0140. The van der Waals surface area contributed by atoms with E-state index in [9.17, 15) is 9.50 Å². The largest absolute Gasteiger partial charge is 0.389 e. The molecule has 0 aromatic heterocycles. The average Bonchev–Trinajstić information content (AvgIpc) is 2.22. The summed E-state index contributed by atoms with van der Waals surface area (Å²) in [4.78, 5) is 0. The number of halogens is 2. The summed E-state index contributed by atoms with van der Waals surface area (Å²) in [7, 11) is 0. The maximum atomic E-state index is 13.0. The molecular formula is C13H19BrFNO. The lowest BCUT2D eigenvalue weighted by atomic mass is 9.92. The van der Waals surface area contributed by atoms with E-state index in [1.807, 2.05) is 13.8 Å². The molecule has 0 radical (unpaired) electrons. The third-order valence-electron chi connectivity index (χ3n) is 3.05. The highest BCUT2D eigenvalue weighted by Gasteiger charge is 2.24. The molecule has 1 unspecified atom stereocenters. The summed E-state index contributed by atoms with van der Waals surface area (Å²) in [5, 5.41) is 13.2. The Morgan fingerprint density at radius 3 is 2.71 bits per heavy atom. The molecular weight excluding hydrogens is 285 g/mol. The normalized spacial score (nSPS) is 15.0. The maximum Gasteiger partial charge on any atom is 0.123 e. The van der Waals surface area contributed by atoms with Crippen LogP contribution in [0.3, 0.4) is 0 Å². The van der Waals surface area contributed by atoms with Crippen molar-refractivity contribution in [3.05, 3.63) is 34.1 Å². The van der Waals surface area contributed by atoms with E-state index in [-0.39, 0.29) is 11.7 Å². The predicted octanol–water partition coefficient (Wildman–Crippen LogP) is 3.08. The van der Waals surface area contributed by atoms with Crippen LogP contribution in [0.25, 0.3) is 0 Å². The lowest BCUT2D eigenvalue weighted by Crippen LogP contribution is -2.42. The van der Waals surface area contributed by atoms with E-state index < -0.39 is 5.60 Å². The first-order valence-corrected chi connectivity index (χ1v) is 6.49. The molecule has 0 aliphatic heterocycles. The molecule has 2 nitrogen and oxygen atoms in total. The van der Waals surface area contributed by atoms with Gasteiger partial charge in [-0.2, -0.15) is 0 Å². The summed E-state index contributed by atoms with van der Waals surface area (Å²) in [5.74, 6) is -0.0773. The molecule has 4 heteroatoms. The van der Waals surface area contributed by atoms with Gasteiger partial charge in [-0.25, -0.2) is 4.39 Å². The Bertz CT molecular complexity index is 380. The van der Waals surface area contributed by atoms with Crippen molar-refractivity contribution in [2.45, 2.75) is 32.9 Å². The molecule has 0 fully saturated rings. The van der Waals surface area contributed by atoms with Crippen molar-refractivity contribution in [3.63, 3.8) is 0 Å². The zero-order valence-corrected chi connectivity index (χ0v) is 12.0. The van der Waals surface area contributed by atoms with E-state index in [0.29, 0.717) is 13.1 Å². The molecule has 0 spiro atoms. The minimum Gasteiger partial charge on any atom is -0.389 e. The highest BCUT2D eigenvalue weighted by molar-refractivity contribution is 9.10. The van der Waals surface area contributed by atoms with Crippen LogP contribution in [0.4, 0.5) is 4.39 Å². The van der Waals surface area contributed by atoms with E-state index in [0.717, 1.165) is 10.0 Å². The van der Waals surface area contributed by atoms with Crippen LogP contribution in [0.2, 0.25) is 0 Å². The Labute approximate surface area is 110 Å².